The van der Waals surface area contributed by atoms with E-state index in [9.17, 15) is 0 Å². The Bertz CT molecular complexity index is 1030. The number of methoxy groups -OCH3 is 2. The predicted molar refractivity (Wildman–Crippen MR) is 123 cm³/mol. The lowest BCUT2D eigenvalue weighted by Gasteiger charge is -2.45. The number of benzene rings is 2. The van der Waals surface area contributed by atoms with Crippen LogP contribution in [-0.2, 0) is 13.0 Å². The Hall–Kier alpha value is -2.57. The van der Waals surface area contributed by atoms with E-state index in [1.54, 1.807) is 14.2 Å². The maximum atomic E-state index is 5.58. The summed E-state index contributed by atoms with van der Waals surface area (Å²) in [7, 11) is 3.42. The summed E-state index contributed by atoms with van der Waals surface area (Å²) in [5.41, 5.74) is 4.93. The highest BCUT2D eigenvalue weighted by atomic mass is 16.5. The van der Waals surface area contributed by atoms with Crippen LogP contribution in [0.3, 0.4) is 0 Å². The largest absolute Gasteiger partial charge is 0.493 e. The van der Waals surface area contributed by atoms with Gasteiger partial charge >= 0.3 is 0 Å². The minimum atomic E-state index is 0.375. The average Bonchev–Trinajstić information content (AvgIpc) is 3.21. The van der Waals surface area contributed by atoms with Gasteiger partial charge in [0.2, 0.25) is 0 Å². The van der Waals surface area contributed by atoms with Gasteiger partial charge in [-0.1, -0.05) is 12.1 Å². The van der Waals surface area contributed by atoms with E-state index in [0.29, 0.717) is 12.1 Å². The van der Waals surface area contributed by atoms with Crippen LogP contribution in [0.4, 0.5) is 0 Å². The summed E-state index contributed by atoms with van der Waals surface area (Å²) in [5, 5.41) is 0. The second-order valence-corrected chi connectivity index (χ2v) is 8.80. The molecule has 2 atom stereocenters. The first-order valence-corrected chi connectivity index (χ1v) is 11.3. The van der Waals surface area contributed by atoms with Crippen molar-refractivity contribution >= 4 is 11.0 Å². The van der Waals surface area contributed by atoms with E-state index < -0.39 is 0 Å². The summed E-state index contributed by atoms with van der Waals surface area (Å²) in [5.74, 6) is 2.72. The van der Waals surface area contributed by atoms with Crippen LogP contribution < -0.4 is 9.47 Å². The summed E-state index contributed by atoms with van der Waals surface area (Å²) in [6.07, 6.45) is 3.54. The smallest absolute Gasteiger partial charge is 0.161 e. The molecule has 0 bridgehead atoms. The van der Waals surface area contributed by atoms with E-state index in [0.717, 1.165) is 61.0 Å². The molecule has 2 unspecified atom stereocenters. The van der Waals surface area contributed by atoms with Gasteiger partial charge in [-0.25, -0.2) is 4.98 Å². The van der Waals surface area contributed by atoms with Crippen molar-refractivity contribution in [2.24, 2.45) is 0 Å². The fourth-order valence-corrected chi connectivity index (χ4v) is 5.40. The topological polar surface area (TPSA) is 53.6 Å². The number of nitrogens with zero attached hydrogens (tertiary/aromatic N) is 3. The molecular formula is C25H32N4O2. The molecule has 1 aromatic heterocycles. The molecule has 2 aromatic carbocycles. The molecule has 0 amide bonds. The number of H-pyrrole nitrogens is 1. The van der Waals surface area contributed by atoms with Gasteiger partial charge in [0, 0.05) is 25.2 Å². The molecule has 0 radical (unpaired) electrons. The van der Waals surface area contributed by atoms with Gasteiger partial charge in [-0.3, -0.25) is 9.80 Å². The van der Waals surface area contributed by atoms with Crippen molar-refractivity contribution in [2.45, 2.75) is 44.8 Å². The first kappa shape index (κ1) is 20.3. The SMILES string of the molecule is COc1cc2c(cc1OC)C(C)N(C1CCCN(Cc3nc4ccccc4[nH]3)C1)CC2. The minimum absolute atomic E-state index is 0.375. The van der Waals surface area contributed by atoms with E-state index in [-0.39, 0.29) is 0 Å². The molecular weight excluding hydrogens is 388 g/mol. The Morgan fingerprint density at radius 2 is 1.90 bits per heavy atom. The second-order valence-electron chi connectivity index (χ2n) is 8.80. The molecule has 5 rings (SSSR count). The number of piperidine rings is 1. The zero-order valence-corrected chi connectivity index (χ0v) is 18.7. The standard InChI is InChI=1S/C25H32N4O2/c1-17-20-14-24(31-3)23(30-2)13-18(20)10-12-29(17)19-7-6-11-28(15-19)16-25-26-21-8-4-5-9-22(21)27-25/h4-5,8-9,13-14,17,19H,6-7,10-12,15-16H2,1-3H3,(H,26,27). The minimum Gasteiger partial charge on any atom is -0.493 e. The third-order valence-corrected chi connectivity index (χ3v) is 6.99. The van der Waals surface area contributed by atoms with Crippen molar-refractivity contribution in [1.82, 2.24) is 19.8 Å². The molecule has 0 spiro atoms. The first-order valence-electron chi connectivity index (χ1n) is 11.3. The Morgan fingerprint density at radius 1 is 1.10 bits per heavy atom. The monoisotopic (exact) mass is 420 g/mol. The first-order chi connectivity index (χ1) is 15.2. The number of para-hydroxylation sites is 2. The number of aromatic nitrogens is 2. The van der Waals surface area contributed by atoms with Crippen molar-refractivity contribution in [3.63, 3.8) is 0 Å². The molecule has 2 aliphatic heterocycles. The maximum absolute atomic E-state index is 5.58. The number of hydrogen-bond donors (Lipinski definition) is 1. The Balaban J connectivity index is 1.31. The van der Waals surface area contributed by atoms with Gasteiger partial charge in [0.25, 0.3) is 0 Å². The number of aromatic amines is 1. The maximum Gasteiger partial charge on any atom is 0.161 e. The molecule has 3 aromatic rings. The van der Waals surface area contributed by atoms with Crippen LogP contribution in [0.1, 0.15) is 42.8 Å². The highest BCUT2D eigenvalue weighted by molar-refractivity contribution is 5.74. The van der Waals surface area contributed by atoms with E-state index >= 15 is 0 Å². The zero-order chi connectivity index (χ0) is 21.4. The summed E-state index contributed by atoms with van der Waals surface area (Å²) >= 11 is 0. The fourth-order valence-electron chi connectivity index (χ4n) is 5.40. The van der Waals surface area contributed by atoms with Crippen LogP contribution in [-0.4, -0.2) is 59.7 Å². The molecule has 164 valence electrons. The van der Waals surface area contributed by atoms with Crippen molar-refractivity contribution < 1.29 is 9.47 Å². The van der Waals surface area contributed by atoms with Crippen LogP contribution in [0.2, 0.25) is 0 Å². The molecule has 0 saturated carbocycles. The molecule has 6 heteroatoms. The fraction of sp³-hybridized carbons (Fsp3) is 0.480. The third-order valence-electron chi connectivity index (χ3n) is 6.99. The van der Waals surface area contributed by atoms with E-state index in [2.05, 4.69) is 52.0 Å². The van der Waals surface area contributed by atoms with Crippen molar-refractivity contribution in [2.75, 3.05) is 33.9 Å². The number of hydrogen-bond acceptors (Lipinski definition) is 5. The Labute approximate surface area is 184 Å². The van der Waals surface area contributed by atoms with E-state index in [4.69, 9.17) is 14.5 Å². The number of fused-ring (bicyclic) bond motifs is 2. The zero-order valence-electron chi connectivity index (χ0n) is 18.7. The van der Waals surface area contributed by atoms with E-state index in [1.807, 2.05) is 6.07 Å². The second kappa shape index (κ2) is 8.52. The molecule has 3 heterocycles. The number of likely N-dealkylation sites (tertiary alicyclic amines) is 1. The van der Waals surface area contributed by atoms with Crippen LogP contribution in [0.15, 0.2) is 36.4 Å². The predicted octanol–water partition coefficient (Wildman–Crippen LogP) is 4.16. The molecule has 2 aliphatic rings. The Morgan fingerprint density at radius 3 is 2.71 bits per heavy atom. The molecule has 1 fully saturated rings. The van der Waals surface area contributed by atoms with Crippen molar-refractivity contribution in [3.05, 3.63) is 53.3 Å². The van der Waals surface area contributed by atoms with Gasteiger partial charge in [-0.05, 0) is 68.1 Å². The molecule has 0 aliphatic carbocycles. The van der Waals surface area contributed by atoms with Gasteiger partial charge in [0.15, 0.2) is 11.5 Å². The number of ether oxygens (including phenoxy) is 2. The van der Waals surface area contributed by atoms with Gasteiger partial charge in [0.1, 0.15) is 5.82 Å². The number of nitrogens with one attached hydrogen (secondary N) is 1. The van der Waals surface area contributed by atoms with Gasteiger partial charge in [-0.15, -0.1) is 0 Å². The molecule has 1 N–H and O–H groups in total. The van der Waals surface area contributed by atoms with Crippen LogP contribution >= 0.6 is 0 Å². The summed E-state index contributed by atoms with van der Waals surface area (Å²) in [6.45, 7) is 6.53. The highest BCUT2D eigenvalue weighted by Gasteiger charge is 2.33. The third kappa shape index (κ3) is 3.90. The van der Waals surface area contributed by atoms with Crippen molar-refractivity contribution in [1.29, 1.82) is 0 Å². The highest BCUT2D eigenvalue weighted by Crippen LogP contribution is 2.39. The lowest BCUT2D eigenvalue weighted by Crippen LogP contribution is -2.50. The Kier molecular flexibility index (Phi) is 5.59. The van der Waals surface area contributed by atoms with E-state index in [1.165, 1.54) is 24.0 Å². The van der Waals surface area contributed by atoms with Gasteiger partial charge < -0.3 is 14.5 Å². The van der Waals surface area contributed by atoms with Gasteiger partial charge in [-0.2, -0.15) is 0 Å². The molecule has 6 nitrogen and oxygen atoms in total. The number of rotatable bonds is 5. The normalized spacial score (nSPS) is 22.4. The summed E-state index contributed by atoms with van der Waals surface area (Å²) in [4.78, 5) is 13.5. The molecule has 1 saturated heterocycles. The van der Waals surface area contributed by atoms with Gasteiger partial charge in [0.05, 0.1) is 31.8 Å². The number of imidazole rings is 1. The van der Waals surface area contributed by atoms with Crippen LogP contribution in [0, 0.1) is 0 Å². The van der Waals surface area contributed by atoms with Crippen LogP contribution in [0.25, 0.3) is 11.0 Å². The summed E-state index contributed by atoms with van der Waals surface area (Å²) < 4.78 is 11.1. The average molecular weight is 421 g/mol. The lowest BCUT2D eigenvalue weighted by atomic mass is 9.90. The lowest BCUT2D eigenvalue weighted by molar-refractivity contribution is 0.0599. The van der Waals surface area contributed by atoms with Crippen molar-refractivity contribution in [3.8, 4) is 11.5 Å². The summed E-state index contributed by atoms with van der Waals surface area (Å²) in [6, 6.07) is 13.6. The quantitative estimate of drug-likeness (QED) is 0.672. The van der Waals surface area contributed by atoms with Crippen LogP contribution in [0.5, 0.6) is 11.5 Å². The molecule has 31 heavy (non-hydrogen) atoms.